The normalized spacial score (nSPS) is 28.5. The van der Waals surface area contributed by atoms with E-state index in [1.54, 1.807) is 20.7 Å². The third-order valence-electron chi connectivity index (χ3n) is 5.98. The van der Waals surface area contributed by atoms with E-state index < -0.39 is 0 Å². The molecule has 2 saturated heterocycles. The van der Waals surface area contributed by atoms with Gasteiger partial charge in [-0.2, -0.15) is 0 Å². The maximum absolute atomic E-state index is 12.8. The quantitative estimate of drug-likeness (QED) is 0.785. The Hall–Kier alpha value is -1.96. The van der Waals surface area contributed by atoms with Crippen molar-refractivity contribution in [3.05, 3.63) is 11.9 Å². The van der Waals surface area contributed by atoms with Gasteiger partial charge in [0.05, 0.1) is 18.3 Å². The first-order valence-electron chi connectivity index (χ1n) is 9.67. The molecule has 1 aromatic rings. The Morgan fingerprint density at radius 1 is 1.31 bits per heavy atom. The van der Waals surface area contributed by atoms with E-state index in [-0.39, 0.29) is 24.0 Å². The Morgan fingerprint density at radius 3 is 2.85 bits per heavy atom. The molecule has 1 saturated carbocycles. The number of hydrogen-bond donors (Lipinski definition) is 0. The maximum atomic E-state index is 12.8. The summed E-state index contributed by atoms with van der Waals surface area (Å²) in [5.74, 6) is 0.263. The van der Waals surface area contributed by atoms with Gasteiger partial charge in [-0.1, -0.05) is 18.6 Å². The van der Waals surface area contributed by atoms with Gasteiger partial charge in [-0.15, -0.1) is 5.10 Å². The highest BCUT2D eigenvalue weighted by atomic mass is 16.5. The lowest BCUT2D eigenvalue weighted by atomic mass is 9.97. The zero-order valence-electron chi connectivity index (χ0n) is 15.5. The van der Waals surface area contributed by atoms with Gasteiger partial charge in [0.15, 0.2) is 5.69 Å². The smallest absolute Gasteiger partial charge is 0.276 e. The summed E-state index contributed by atoms with van der Waals surface area (Å²) in [7, 11) is 1.83. The Morgan fingerprint density at radius 2 is 2.12 bits per heavy atom. The number of amides is 2. The summed E-state index contributed by atoms with van der Waals surface area (Å²) in [4.78, 5) is 29.0. The first kappa shape index (κ1) is 17.5. The van der Waals surface area contributed by atoms with E-state index in [0.29, 0.717) is 37.4 Å². The fourth-order valence-electron chi connectivity index (χ4n) is 4.00. The number of nitrogens with zero attached hydrogens (tertiary/aromatic N) is 5. The number of aromatic nitrogens is 3. The summed E-state index contributed by atoms with van der Waals surface area (Å²) in [5.41, 5.74) is 0.400. The largest absolute Gasteiger partial charge is 0.368 e. The van der Waals surface area contributed by atoms with Crippen molar-refractivity contribution in [3.8, 4) is 0 Å². The van der Waals surface area contributed by atoms with Crippen LogP contribution < -0.4 is 0 Å². The minimum atomic E-state index is -0.326. The van der Waals surface area contributed by atoms with Crippen molar-refractivity contribution in [2.24, 2.45) is 5.92 Å². The van der Waals surface area contributed by atoms with E-state index in [1.807, 2.05) is 7.05 Å². The zero-order valence-corrected chi connectivity index (χ0v) is 15.5. The number of hydrogen-bond acceptors (Lipinski definition) is 5. The van der Waals surface area contributed by atoms with Crippen LogP contribution in [0.1, 0.15) is 55.6 Å². The maximum Gasteiger partial charge on any atom is 0.276 e. The number of carbonyl (C=O) groups is 2. The number of ether oxygens (including phenoxy) is 1. The van der Waals surface area contributed by atoms with E-state index in [9.17, 15) is 9.59 Å². The van der Waals surface area contributed by atoms with Crippen LogP contribution in [0.25, 0.3) is 0 Å². The van der Waals surface area contributed by atoms with E-state index in [4.69, 9.17) is 4.74 Å². The molecule has 1 aromatic heterocycles. The molecule has 142 valence electrons. The number of likely N-dealkylation sites (N-methyl/N-ethyl adjacent to an activating group) is 1. The van der Waals surface area contributed by atoms with Crippen LogP contribution >= 0.6 is 0 Å². The average molecular weight is 361 g/mol. The van der Waals surface area contributed by atoms with Crippen molar-refractivity contribution < 1.29 is 14.3 Å². The summed E-state index contributed by atoms with van der Waals surface area (Å²) in [5, 5.41) is 8.09. The molecular weight excluding hydrogens is 334 g/mol. The van der Waals surface area contributed by atoms with E-state index in [1.165, 1.54) is 0 Å². The van der Waals surface area contributed by atoms with Gasteiger partial charge in [-0.25, -0.2) is 4.68 Å². The lowest BCUT2D eigenvalue weighted by molar-refractivity contribution is -0.143. The van der Waals surface area contributed by atoms with Gasteiger partial charge in [-0.3, -0.25) is 9.59 Å². The van der Waals surface area contributed by atoms with Crippen molar-refractivity contribution in [3.63, 3.8) is 0 Å². The first-order valence-corrected chi connectivity index (χ1v) is 9.67. The molecule has 26 heavy (non-hydrogen) atoms. The van der Waals surface area contributed by atoms with Crippen LogP contribution in [0.5, 0.6) is 0 Å². The zero-order chi connectivity index (χ0) is 18.3. The molecule has 3 aliphatic rings. The summed E-state index contributed by atoms with van der Waals surface area (Å²) in [6.45, 7) is 3.94. The SMILES string of the molecule is CC[C@@H]1CCO[C@@H]1C(=O)N(C)C1CCN(C(=O)c2cn(C3CC3)nn2)C1. The van der Waals surface area contributed by atoms with Gasteiger partial charge < -0.3 is 14.5 Å². The van der Waals surface area contributed by atoms with E-state index in [0.717, 1.165) is 32.1 Å². The van der Waals surface area contributed by atoms with Crippen LogP contribution in [0, 0.1) is 5.92 Å². The summed E-state index contributed by atoms with van der Waals surface area (Å²) in [6.07, 6.45) is 6.33. The summed E-state index contributed by atoms with van der Waals surface area (Å²) < 4.78 is 7.47. The molecular formula is C18H27N5O3. The Bertz CT molecular complexity index is 686. The second-order valence-electron chi connectivity index (χ2n) is 7.71. The number of likely N-dealkylation sites (tertiary alicyclic amines) is 1. The van der Waals surface area contributed by atoms with Gasteiger partial charge in [0, 0.05) is 26.7 Å². The molecule has 8 heteroatoms. The van der Waals surface area contributed by atoms with Crippen molar-refractivity contribution in [1.82, 2.24) is 24.8 Å². The molecule has 3 heterocycles. The van der Waals surface area contributed by atoms with Crippen LogP contribution in [-0.2, 0) is 9.53 Å². The fraction of sp³-hybridized carbons (Fsp3) is 0.778. The van der Waals surface area contributed by atoms with Gasteiger partial charge in [-0.05, 0) is 31.6 Å². The molecule has 2 aliphatic heterocycles. The molecule has 2 amide bonds. The number of rotatable bonds is 5. The highest BCUT2D eigenvalue weighted by Crippen LogP contribution is 2.34. The second kappa shape index (κ2) is 6.98. The molecule has 1 unspecified atom stereocenters. The molecule has 0 spiro atoms. The van der Waals surface area contributed by atoms with Crippen LogP contribution in [-0.4, -0.2) is 75.5 Å². The van der Waals surface area contributed by atoms with Crippen molar-refractivity contribution >= 4 is 11.8 Å². The van der Waals surface area contributed by atoms with Crippen LogP contribution in [0.4, 0.5) is 0 Å². The lowest BCUT2D eigenvalue weighted by Gasteiger charge is -2.28. The molecule has 1 aliphatic carbocycles. The molecule has 8 nitrogen and oxygen atoms in total. The van der Waals surface area contributed by atoms with Gasteiger partial charge >= 0.3 is 0 Å². The van der Waals surface area contributed by atoms with Crippen LogP contribution in [0.2, 0.25) is 0 Å². The molecule has 3 atom stereocenters. The average Bonchev–Trinajstić information content (AvgIpc) is 3.12. The minimum Gasteiger partial charge on any atom is -0.368 e. The predicted octanol–water partition coefficient (Wildman–Crippen LogP) is 1.10. The minimum absolute atomic E-state index is 0.0339. The lowest BCUT2D eigenvalue weighted by Crippen LogP contribution is -2.46. The highest BCUT2D eigenvalue weighted by molar-refractivity contribution is 5.92. The van der Waals surface area contributed by atoms with Gasteiger partial charge in [0.25, 0.3) is 11.8 Å². The predicted molar refractivity (Wildman–Crippen MR) is 93.5 cm³/mol. The number of carbonyl (C=O) groups excluding carboxylic acids is 2. The molecule has 0 radical (unpaired) electrons. The van der Waals surface area contributed by atoms with Crippen LogP contribution in [0.3, 0.4) is 0 Å². The van der Waals surface area contributed by atoms with Crippen LogP contribution in [0.15, 0.2) is 6.20 Å². The Labute approximate surface area is 153 Å². The Kier molecular flexibility index (Phi) is 4.69. The standard InChI is InChI=1S/C18H27N5O3/c1-3-12-7-9-26-16(12)18(25)21(2)14-6-8-22(10-14)17(24)15-11-23(20-19-15)13-4-5-13/h11-14,16H,3-10H2,1-2H3/t12-,14?,16+/m1/s1. The monoisotopic (exact) mass is 361 g/mol. The van der Waals surface area contributed by atoms with E-state index >= 15 is 0 Å². The Balaban J connectivity index is 1.36. The van der Waals surface area contributed by atoms with Crippen molar-refractivity contribution in [1.29, 1.82) is 0 Å². The van der Waals surface area contributed by atoms with E-state index in [2.05, 4.69) is 17.2 Å². The third-order valence-corrected chi connectivity index (χ3v) is 5.98. The van der Waals surface area contributed by atoms with Gasteiger partial charge in [0.1, 0.15) is 6.10 Å². The highest BCUT2D eigenvalue weighted by Gasteiger charge is 2.39. The van der Waals surface area contributed by atoms with Crippen molar-refractivity contribution in [2.75, 3.05) is 26.7 Å². The topological polar surface area (TPSA) is 80.6 Å². The molecule has 0 N–H and O–H groups in total. The molecule has 0 bridgehead atoms. The summed E-state index contributed by atoms with van der Waals surface area (Å²) >= 11 is 0. The second-order valence-corrected chi connectivity index (χ2v) is 7.71. The molecule has 4 rings (SSSR count). The molecule has 0 aromatic carbocycles. The van der Waals surface area contributed by atoms with Gasteiger partial charge in [0.2, 0.25) is 0 Å². The first-order chi connectivity index (χ1) is 12.6. The summed E-state index contributed by atoms with van der Waals surface area (Å²) in [6, 6.07) is 0.448. The molecule has 3 fully saturated rings. The third kappa shape index (κ3) is 3.22. The van der Waals surface area contributed by atoms with Crippen molar-refractivity contribution in [2.45, 2.75) is 57.2 Å². The fourth-order valence-corrected chi connectivity index (χ4v) is 4.00.